The van der Waals surface area contributed by atoms with Gasteiger partial charge in [-0.3, -0.25) is 0 Å². The second-order valence-corrected chi connectivity index (χ2v) is 6.70. The van der Waals surface area contributed by atoms with E-state index in [1.54, 1.807) is 0 Å². The molecule has 3 rings (SSSR count). The van der Waals surface area contributed by atoms with Crippen LogP contribution in [0.25, 0.3) is 0 Å². The Morgan fingerprint density at radius 2 is 1.10 bits per heavy atom. The largest absolute Gasteiger partial charge is 0.345 e. The van der Waals surface area contributed by atoms with Crippen molar-refractivity contribution in [3.05, 3.63) is 121 Å². The fourth-order valence-corrected chi connectivity index (χ4v) is 3.22. The third kappa shape index (κ3) is 5.05. The van der Waals surface area contributed by atoms with E-state index < -0.39 is 0 Å². The summed E-state index contributed by atoms with van der Waals surface area (Å²) in [5.74, 6) is 0. The summed E-state index contributed by atoms with van der Waals surface area (Å²) in [6.07, 6.45) is 10.5. The van der Waals surface area contributed by atoms with Crippen LogP contribution in [0.4, 0.5) is 22.7 Å². The van der Waals surface area contributed by atoms with E-state index in [1.807, 2.05) is 32.1 Å². The molecule has 0 amide bonds. The Labute approximate surface area is 174 Å². The van der Waals surface area contributed by atoms with Crippen LogP contribution in [-0.2, 0) is 0 Å². The van der Waals surface area contributed by atoms with Crippen LogP contribution in [0.1, 0.15) is 13.8 Å². The number of rotatable bonds is 7. The average Bonchev–Trinajstić information content (AvgIpc) is 2.79. The summed E-state index contributed by atoms with van der Waals surface area (Å²) in [5, 5.41) is 0. The third-order valence-corrected chi connectivity index (χ3v) is 4.71. The van der Waals surface area contributed by atoms with Gasteiger partial charge in [0.05, 0.1) is 0 Å². The fourth-order valence-electron chi connectivity index (χ4n) is 3.22. The molecule has 0 N–H and O–H groups in total. The van der Waals surface area contributed by atoms with Crippen LogP contribution in [-0.4, -0.2) is 7.05 Å². The van der Waals surface area contributed by atoms with Crippen molar-refractivity contribution in [1.82, 2.24) is 0 Å². The summed E-state index contributed by atoms with van der Waals surface area (Å²) in [5.41, 5.74) is 5.68. The highest BCUT2D eigenvalue weighted by molar-refractivity contribution is 5.73. The number of para-hydroxylation sites is 2. The Morgan fingerprint density at radius 1 is 0.621 bits per heavy atom. The van der Waals surface area contributed by atoms with Gasteiger partial charge in [0.25, 0.3) is 0 Å². The van der Waals surface area contributed by atoms with E-state index in [0.29, 0.717) is 0 Å². The van der Waals surface area contributed by atoms with Crippen LogP contribution in [0.5, 0.6) is 0 Å². The zero-order chi connectivity index (χ0) is 20.5. The molecule has 0 saturated carbocycles. The SMILES string of the molecule is CC=C/C=C(\C=C/C)N(c1ccccc1)c1ccc(N(C)c2ccccc2)cc1. The molecule has 0 fully saturated rings. The first kappa shape index (κ1) is 20.2. The summed E-state index contributed by atoms with van der Waals surface area (Å²) in [6, 6.07) is 29.6. The minimum Gasteiger partial charge on any atom is -0.345 e. The highest BCUT2D eigenvalue weighted by Gasteiger charge is 2.13. The molecule has 3 aromatic carbocycles. The van der Waals surface area contributed by atoms with E-state index in [1.165, 1.54) is 5.69 Å². The van der Waals surface area contributed by atoms with Gasteiger partial charge in [0.2, 0.25) is 0 Å². The smallest absolute Gasteiger partial charge is 0.0463 e. The summed E-state index contributed by atoms with van der Waals surface area (Å²) >= 11 is 0. The van der Waals surface area contributed by atoms with E-state index in [0.717, 1.165) is 22.8 Å². The fraction of sp³-hybridized carbons (Fsp3) is 0.111. The van der Waals surface area contributed by atoms with Crippen molar-refractivity contribution in [2.75, 3.05) is 16.8 Å². The summed E-state index contributed by atoms with van der Waals surface area (Å²) < 4.78 is 0. The van der Waals surface area contributed by atoms with E-state index >= 15 is 0 Å². The van der Waals surface area contributed by atoms with Crippen molar-refractivity contribution in [3.8, 4) is 0 Å². The van der Waals surface area contributed by atoms with Crippen LogP contribution in [0.3, 0.4) is 0 Å². The van der Waals surface area contributed by atoms with Gasteiger partial charge in [0.15, 0.2) is 0 Å². The molecule has 0 saturated heterocycles. The maximum atomic E-state index is 2.27. The predicted octanol–water partition coefficient (Wildman–Crippen LogP) is 7.63. The molecule has 146 valence electrons. The van der Waals surface area contributed by atoms with Gasteiger partial charge in [0, 0.05) is 35.5 Å². The molecule has 0 heterocycles. The van der Waals surface area contributed by atoms with Crippen molar-refractivity contribution in [1.29, 1.82) is 0 Å². The Kier molecular flexibility index (Phi) is 7.07. The van der Waals surface area contributed by atoms with Crippen LogP contribution >= 0.6 is 0 Å². The van der Waals surface area contributed by atoms with E-state index in [9.17, 15) is 0 Å². The Morgan fingerprint density at radius 3 is 1.66 bits per heavy atom. The Balaban J connectivity index is 2.00. The lowest BCUT2D eigenvalue weighted by atomic mass is 10.1. The molecule has 3 aromatic rings. The van der Waals surface area contributed by atoms with Crippen LogP contribution < -0.4 is 9.80 Å². The standard InChI is InChI=1S/C27H28N2/c1-4-6-14-25(13-5-2)29(26-17-11-8-12-18-26)27-21-19-24(20-22-27)28(3)23-15-9-7-10-16-23/h4-22H,1-3H3/b6-4?,13-5-,25-14+. The quantitative estimate of drug-likeness (QED) is 0.389. The van der Waals surface area contributed by atoms with E-state index in [2.05, 4.69) is 114 Å². The molecule has 0 spiro atoms. The second-order valence-electron chi connectivity index (χ2n) is 6.70. The van der Waals surface area contributed by atoms with Gasteiger partial charge in [-0.2, -0.15) is 0 Å². The van der Waals surface area contributed by atoms with Gasteiger partial charge in [0.1, 0.15) is 0 Å². The minimum absolute atomic E-state index is 1.11. The number of anilines is 4. The maximum absolute atomic E-state index is 2.27. The zero-order valence-corrected chi connectivity index (χ0v) is 17.4. The lowest BCUT2D eigenvalue weighted by Crippen LogP contribution is -2.15. The van der Waals surface area contributed by atoms with Gasteiger partial charge in [-0.1, -0.05) is 54.6 Å². The first-order chi connectivity index (χ1) is 14.2. The van der Waals surface area contributed by atoms with Gasteiger partial charge in [-0.25, -0.2) is 0 Å². The van der Waals surface area contributed by atoms with Crippen molar-refractivity contribution in [2.24, 2.45) is 0 Å². The topological polar surface area (TPSA) is 6.48 Å². The monoisotopic (exact) mass is 380 g/mol. The molecule has 29 heavy (non-hydrogen) atoms. The predicted molar refractivity (Wildman–Crippen MR) is 127 cm³/mol. The summed E-state index contributed by atoms with van der Waals surface area (Å²) in [6.45, 7) is 4.08. The zero-order valence-electron chi connectivity index (χ0n) is 17.4. The molecule has 2 heteroatoms. The molecule has 0 bridgehead atoms. The van der Waals surface area contributed by atoms with E-state index in [4.69, 9.17) is 0 Å². The normalized spacial score (nSPS) is 11.9. The molecule has 0 unspecified atom stereocenters. The molecular formula is C27H28N2. The van der Waals surface area contributed by atoms with Crippen LogP contribution in [0, 0.1) is 0 Å². The van der Waals surface area contributed by atoms with Crippen LogP contribution in [0.15, 0.2) is 121 Å². The van der Waals surface area contributed by atoms with Crippen molar-refractivity contribution >= 4 is 22.7 Å². The highest BCUT2D eigenvalue weighted by atomic mass is 15.1. The molecule has 2 nitrogen and oxygen atoms in total. The molecule has 0 aliphatic heterocycles. The number of nitrogens with zero attached hydrogens (tertiary/aromatic N) is 2. The van der Waals surface area contributed by atoms with Crippen molar-refractivity contribution in [2.45, 2.75) is 13.8 Å². The second kappa shape index (κ2) is 10.1. The van der Waals surface area contributed by atoms with Crippen LogP contribution in [0.2, 0.25) is 0 Å². The van der Waals surface area contributed by atoms with Gasteiger partial charge in [-0.05, 0) is 74.5 Å². The third-order valence-electron chi connectivity index (χ3n) is 4.71. The van der Waals surface area contributed by atoms with E-state index in [-0.39, 0.29) is 0 Å². The van der Waals surface area contributed by atoms with Gasteiger partial charge in [-0.15, -0.1) is 0 Å². The molecule has 0 aromatic heterocycles. The lowest BCUT2D eigenvalue weighted by Gasteiger charge is -2.27. The number of hydrogen-bond acceptors (Lipinski definition) is 2. The lowest BCUT2D eigenvalue weighted by molar-refractivity contribution is 1.18. The van der Waals surface area contributed by atoms with Gasteiger partial charge < -0.3 is 9.80 Å². The molecule has 0 radical (unpaired) electrons. The molecule has 0 atom stereocenters. The highest BCUT2D eigenvalue weighted by Crippen LogP contribution is 2.33. The summed E-state index contributed by atoms with van der Waals surface area (Å²) in [7, 11) is 2.09. The number of hydrogen-bond donors (Lipinski definition) is 0. The Hall–Kier alpha value is -3.52. The minimum atomic E-state index is 1.11. The number of benzene rings is 3. The molecule has 0 aliphatic carbocycles. The molecule has 0 aliphatic rings. The first-order valence-electron chi connectivity index (χ1n) is 9.94. The van der Waals surface area contributed by atoms with Crippen molar-refractivity contribution < 1.29 is 0 Å². The average molecular weight is 381 g/mol. The summed E-state index contributed by atoms with van der Waals surface area (Å²) in [4.78, 5) is 4.46. The maximum Gasteiger partial charge on any atom is 0.0463 e. The van der Waals surface area contributed by atoms with Gasteiger partial charge >= 0.3 is 0 Å². The first-order valence-corrected chi connectivity index (χ1v) is 9.94. The Bertz CT molecular complexity index is 968. The number of allylic oxidation sites excluding steroid dienone is 5. The molecular weight excluding hydrogens is 352 g/mol. The van der Waals surface area contributed by atoms with Crippen molar-refractivity contribution in [3.63, 3.8) is 0 Å².